The summed E-state index contributed by atoms with van der Waals surface area (Å²) < 4.78 is 0. The Kier molecular flexibility index (Phi) is 4.62. The quantitative estimate of drug-likeness (QED) is 0.659. The molecular weight excluding hydrogens is 203 g/mol. The Morgan fingerprint density at radius 2 is 2.22 bits per heavy atom. The standard InChI is InChI=1S/C5H5BrN2.ClH/c6-3-5-4-7-1-2-8-5;/h1-2,4H,3H2;1H. The van der Waals surface area contributed by atoms with Gasteiger partial charge in [0.05, 0.1) is 5.69 Å². The predicted octanol–water partition coefficient (Wildman–Crippen LogP) is 1.79. The average Bonchev–Trinajstić information content (AvgIpc) is 1.90. The lowest BCUT2D eigenvalue weighted by molar-refractivity contribution is 1.11. The molecule has 0 bridgehead atoms. The molecule has 0 radical (unpaired) electrons. The molecule has 0 atom stereocenters. The summed E-state index contributed by atoms with van der Waals surface area (Å²) in [5, 5.41) is 0.779. The summed E-state index contributed by atoms with van der Waals surface area (Å²) >= 11 is 3.25. The first kappa shape index (κ1) is 8.85. The first-order valence-corrected chi connectivity index (χ1v) is 3.36. The van der Waals surface area contributed by atoms with Gasteiger partial charge in [-0.25, -0.2) is 0 Å². The maximum Gasteiger partial charge on any atom is 0.0692 e. The van der Waals surface area contributed by atoms with Crippen LogP contribution < -0.4 is 0 Å². The van der Waals surface area contributed by atoms with Crippen LogP contribution in [0, 0.1) is 0 Å². The largest absolute Gasteiger partial charge is 0.261 e. The first-order chi connectivity index (χ1) is 3.93. The van der Waals surface area contributed by atoms with Crippen LogP contribution in [-0.2, 0) is 5.33 Å². The molecular formula is C5H6BrClN2. The van der Waals surface area contributed by atoms with Crippen molar-refractivity contribution in [1.29, 1.82) is 0 Å². The number of hydrogen-bond donors (Lipinski definition) is 0. The van der Waals surface area contributed by atoms with Crippen molar-refractivity contribution in [2.75, 3.05) is 0 Å². The predicted molar refractivity (Wildman–Crippen MR) is 41.9 cm³/mol. The lowest BCUT2D eigenvalue weighted by Crippen LogP contribution is -1.82. The molecule has 0 aromatic carbocycles. The molecule has 50 valence electrons. The first-order valence-electron chi connectivity index (χ1n) is 2.24. The van der Waals surface area contributed by atoms with Gasteiger partial charge in [-0.15, -0.1) is 12.4 Å². The normalized spacial score (nSPS) is 8.11. The van der Waals surface area contributed by atoms with Crippen molar-refractivity contribution in [3.63, 3.8) is 0 Å². The maximum atomic E-state index is 3.99. The van der Waals surface area contributed by atoms with Crippen LogP contribution in [0.4, 0.5) is 0 Å². The third-order valence-electron chi connectivity index (χ3n) is 0.754. The highest BCUT2D eigenvalue weighted by molar-refractivity contribution is 9.08. The van der Waals surface area contributed by atoms with E-state index in [1.807, 2.05) is 0 Å². The summed E-state index contributed by atoms with van der Waals surface area (Å²) in [5.41, 5.74) is 0.965. The van der Waals surface area contributed by atoms with Crippen LogP contribution in [0.1, 0.15) is 5.69 Å². The van der Waals surface area contributed by atoms with Crippen molar-refractivity contribution in [3.05, 3.63) is 24.3 Å². The summed E-state index contributed by atoms with van der Waals surface area (Å²) in [7, 11) is 0. The number of aromatic nitrogens is 2. The van der Waals surface area contributed by atoms with E-state index in [-0.39, 0.29) is 12.4 Å². The highest BCUT2D eigenvalue weighted by atomic mass is 79.9. The van der Waals surface area contributed by atoms with Crippen molar-refractivity contribution in [2.24, 2.45) is 0 Å². The van der Waals surface area contributed by atoms with E-state index in [9.17, 15) is 0 Å². The van der Waals surface area contributed by atoms with Crippen LogP contribution in [0.15, 0.2) is 18.6 Å². The molecule has 0 saturated heterocycles. The highest BCUT2D eigenvalue weighted by Crippen LogP contribution is 1.95. The lowest BCUT2D eigenvalue weighted by Gasteiger charge is -1.86. The van der Waals surface area contributed by atoms with Crippen molar-refractivity contribution in [2.45, 2.75) is 5.33 Å². The fourth-order valence-electron chi connectivity index (χ4n) is 0.399. The highest BCUT2D eigenvalue weighted by Gasteiger charge is 1.84. The summed E-state index contributed by atoms with van der Waals surface area (Å²) in [6.07, 6.45) is 5.07. The molecule has 0 N–H and O–H groups in total. The van der Waals surface area contributed by atoms with Crippen LogP contribution in [0.3, 0.4) is 0 Å². The van der Waals surface area contributed by atoms with Gasteiger partial charge >= 0.3 is 0 Å². The van der Waals surface area contributed by atoms with E-state index in [1.165, 1.54) is 0 Å². The Morgan fingerprint density at radius 1 is 1.44 bits per heavy atom. The van der Waals surface area contributed by atoms with Gasteiger partial charge in [0.25, 0.3) is 0 Å². The van der Waals surface area contributed by atoms with Crippen molar-refractivity contribution >= 4 is 28.3 Å². The lowest BCUT2D eigenvalue weighted by atomic mass is 10.5. The van der Waals surface area contributed by atoms with E-state index in [0.717, 1.165) is 11.0 Å². The molecule has 9 heavy (non-hydrogen) atoms. The summed E-state index contributed by atoms with van der Waals surface area (Å²) in [6.45, 7) is 0. The second kappa shape index (κ2) is 4.70. The van der Waals surface area contributed by atoms with Gasteiger partial charge in [-0.2, -0.15) is 0 Å². The van der Waals surface area contributed by atoms with Gasteiger partial charge in [-0.05, 0) is 0 Å². The second-order valence-electron chi connectivity index (χ2n) is 1.33. The summed E-state index contributed by atoms with van der Waals surface area (Å²) in [4.78, 5) is 7.85. The van der Waals surface area contributed by atoms with Gasteiger partial charge in [0.2, 0.25) is 0 Å². The molecule has 0 aliphatic rings. The van der Waals surface area contributed by atoms with Gasteiger partial charge in [-0.1, -0.05) is 15.9 Å². The fourth-order valence-corrected chi connectivity index (χ4v) is 0.689. The monoisotopic (exact) mass is 208 g/mol. The summed E-state index contributed by atoms with van der Waals surface area (Å²) in [5.74, 6) is 0. The van der Waals surface area contributed by atoms with Crippen LogP contribution >= 0.6 is 28.3 Å². The molecule has 1 aromatic rings. The Bertz CT molecular complexity index is 156. The molecule has 4 heteroatoms. The smallest absolute Gasteiger partial charge is 0.0692 e. The molecule has 0 aliphatic heterocycles. The molecule has 0 saturated carbocycles. The number of halogens is 2. The van der Waals surface area contributed by atoms with Gasteiger partial charge < -0.3 is 0 Å². The minimum absolute atomic E-state index is 0. The summed E-state index contributed by atoms with van der Waals surface area (Å²) in [6, 6.07) is 0. The van der Waals surface area contributed by atoms with Crippen LogP contribution in [0.2, 0.25) is 0 Å². The molecule has 0 aliphatic carbocycles. The van der Waals surface area contributed by atoms with Crippen molar-refractivity contribution in [3.8, 4) is 0 Å². The SMILES string of the molecule is BrCc1cnccn1.Cl. The van der Waals surface area contributed by atoms with E-state index >= 15 is 0 Å². The number of hydrogen-bond acceptors (Lipinski definition) is 2. The molecule has 0 unspecified atom stereocenters. The average molecular weight is 209 g/mol. The zero-order valence-electron chi connectivity index (χ0n) is 4.62. The van der Waals surface area contributed by atoms with Gasteiger partial charge in [-0.3, -0.25) is 9.97 Å². The van der Waals surface area contributed by atoms with Crippen molar-refractivity contribution < 1.29 is 0 Å². The fraction of sp³-hybridized carbons (Fsp3) is 0.200. The number of rotatable bonds is 1. The molecule has 0 amide bonds. The van der Waals surface area contributed by atoms with E-state index < -0.39 is 0 Å². The molecule has 0 spiro atoms. The molecule has 1 heterocycles. The van der Waals surface area contributed by atoms with Crippen LogP contribution in [0.25, 0.3) is 0 Å². The Labute approximate surface area is 68.3 Å². The topological polar surface area (TPSA) is 25.8 Å². The third-order valence-corrected chi connectivity index (χ3v) is 1.33. The van der Waals surface area contributed by atoms with Crippen LogP contribution in [0.5, 0.6) is 0 Å². The third kappa shape index (κ3) is 2.77. The second-order valence-corrected chi connectivity index (χ2v) is 1.89. The Hall–Kier alpha value is -0.150. The maximum absolute atomic E-state index is 3.99. The zero-order valence-corrected chi connectivity index (χ0v) is 7.02. The molecule has 2 nitrogen and oxygen atoms in total. The minimum Gasteiger partial charge on any atom is -0.261 e. The number of alkyl halides is 1. The van der Waals surface area contributed by atoms with E-state index in [1.54, 1.807) is 18.6 Å². The van der Waals surface area contributed by atoms with E-state index in [0.29, 0.717) is 0 Å². The molecule has 1 rings (SSSR count). The van der Waals surface area contributed by atoms with Crippen molar-refractivity contribution in [1.82, 2.24) is 9.97 Å². The van der Waals surface area contributed by atoms with Gasteiger partial charge in [0.15, 0.2) is 0 Å². The van der Waals surface area contributed by atoms with Gasteiger partial charge in [0.1, 0.15) is 0 Å². The Morgan fingerprint density at radius 3 is 2.56 bits per heavy atom. The number of nitrogens with zero attached hydrogens (tertiary/aromatic N) is 2. The van der Waals surface area contributed by atoms with E-state index in [2.05, 4.69) is 25.9 Å². The molecule has 0 fully saturated rings. The van der Waals surface area contributed by atoms with Crippen LogP contribution in [-0.4, -0.2) is 9.97 Å². The molecule has 1 aromatic heterocycles. The van der Waals surface area contributed by atoms with E-state index in [4.69, 9.17) is 0 Å². The minimum atomic E-state index is 0. The van der Waals surface area contributed by atoms with Gasteiger partial charge in [0, 0.05) is 23.9 Å². The zero-order chi connectivity index (χ0) is 5.82. The Balaban J connectivity index is 0.000000640.